The highest BCUT2D eigenvalue weighted by molar-refractivity contribution is 6.00. The van der Waals surface area contributed by atoms with Gasteiger partial charge in [-0.3, -0.25) is 28.9 Å². The molecule has 246 valence electrons. The molecule has 5 atom stereocenters. The van der Waals surface area contributed by atoms with Crippen LogP contribution in [0, 0.1) is 17.8 Å². The third-order valence-electron chi connectivity index (χ3n) is 8.73. The summed E-state index contributed by atoms with van der Waals surface area (Å²) in [5.74, 6) is -1.79. The zero-order valence-corrected chi connectivity index (χ0v) is 28.5. The topological polar surface area (TPSA) is 145 Å². The molecule has 0 radical (unpaired) electrons. The van der Waals surface area contributed by atoms with Gasteiger partial charge in [0, 0.05) is 25.0 Å². The predicted molar refractivity (Wildman–Crippen MR) is 168 cm³/mol. The van der Waals surface area contributed by atoms with E-state index in [9.17, 15) is 24.0 Å². The van der Waals surface area contributed by atoms with Crippen LogP contribution in [0.4, 0.5) is 0 Å². The minimum atomic E-state index is -1.38. The number of nitrogens with two attached hydrogens (primary N) is 1. The largest absolute Gasteiger partial charge is 0.349 e. The summed E-state index contributed by atoms with van der Waals surface area (Å²) in [5.41, 5.74) is 4.25. The molecule has 11 nitrogen and oxygen atoms in total. The molecule has 0 aromatic carbocycles. The molecule has 43 heavy (non-hydrogen) atoms. The fourth-order valence-electron chi connectivity index (χ4n) is 6.47. The van der Waals surface area contributed by atoms with Crippen molar-refractivity contribution >= 4 is 29.4 Å². The van der Waals surface area contributed by atoms with Crippen LogP contribution in [0.5, 0.6) is 0 Å². The monoisotopic (exact) mass is 606 g/mol. The molecule has 0 aromatic heterocycles. The van der Waals surface area contributed by atoms with Crippen molar-refractivity contribution in [2.45, 2.75) is 130 Å². The van der Waals surface area contributed by atoms with Gasteiger partial charge in [-0.15, -0.1) is 0 Å². The highest BCUT2D eigenvalue weighted by Crippen LogP contribution is 2.37. The summed E-state index contributed by atoms with van der Waals surface area (Å²) in [4.78, 5) is 73.9. The van der Waals surface area contributed by atoms with E-state index in [0.717, 1.165) is 0 Å². The first-order valence-electron chi connectivity index (χ1n) is 15.9. The number of hydrogen-bond acceptors (Lipinski definition) is 7. The molecular formula is C32H58N6O5. The molecule has 0 spiro atoms. The highest BCUT2D eigenvalue weighted by Gasteiger charge is 2.54. The second-order valence-corrected chi connectivity index (χ2v) is 14.8. The van der Waals surface area contributed by atoms with Crippen LogP contribution in [0.15, 0.2) is 0 Å². The van der Waals surface area contributed by atoms with Crippen LogP contribution in [0.25, 0.3) is 0 Å². The third kappa shape index (κ3) is 8.56. The number of carbonyl (C=O) groups is 5. The summed E-state index contributed by atoms with van der Waals surface area (Å²) in [7, 11) is 3.67. The first-order chi connectivity index (χ1) is 19.7. The smallest absolute Gasteiger partial charge is 0.246 e. The van der Waals surface area contributed by atoms with Gasteiger partial charge in [-0.05, 0) is 78.3 Å². The highest BCUT2D eigenvalue weighted by atomic mass is 16.2. The maximum Gasteiger partial charge on any atom is 0.246 e. The second-order valence-electron chi connectivity index (χ2n) is 14.8. The Morgan fingerprint density at radius 2 is 1.53 bits per heavy atom. The van der Waals surface area contributed by atoms with E-state index in [4.69, 9.17) is 5.73 Å². The van der Waals surface area contributed by atoms with E-state index in [2.05, 4.69) is 10.6 Å². The molecule has 2 saturated heterocycles. The number of hydrogen-bond donors (Lipinski definition) is 3. The molecule has 2 fully saturated rings. The predicted octanol–water partition coefficient (Wildman–Crippen LogP) is 1.92. The maximum absolute atomic E-state index is 14.4. The van der Waals surface area contributed by atoms with Gasteiger partial charge in [0.25, 0.3) is 0 Å². The molecule has 0 aliphatic carbocycles. The Morgan fingerprint density at radius 3 is 2.02 bits per heavy atom. The Hall–Kier alpha value is -2.53. The first kappa shape index (κ1) is 36.7. The van der Waals surface area contributed by atoms with Crippen LogP contribution in [0.2, 0.25) is 0 Å². The molecule has 4 amide bonds. The normalized spacial score (nSPS) is 23.2. The van der Waals surface area contributed by atoms with Crippen molar-refractivity contribution < 1.29 is 24.0 Å². The number of likely N-dealkylation sites (N-methyl/N-ethyl adjacent to an activating group) is 1. The summed E-state index contributed by atoms with van der Waals surface area (Å²) in [6.07, 6.45) is 1.79. The Kier molecular flexibility index (Phi) is 12.4. The average Bonchev–Trinajstić information content (AvgIpc) is 3.52. The van der Waals surface area contributed by atoms with Gasteiger partial charge in [0.05, 0.1) is 12.1 Å². The Balaban J connectivity index is 2.42. The van der Waals surface area contributed by atoms with E-state index in [1.807, 2.05) is 81.3 Å². The Labute approximate surface area is 259 Å². The molecule has 2 rings (SSSR count). The van der Waals surface area contributed by atoms with Gasteiger partial charge in [0.1, 0.15) is 17.6 Å². The van der Waals surface area contributed by atoms with Crippen LogP contribution in [-0.2, 0) is 24.0 Å². The van der Waals surface area contributed by atoms with E-state index in [-0.39, 0.29) is 53.6 Å². The van der Waals surface area contributed by atoms with Crippen molar-refractivity contribution in [3.63, 3.8) is 0 Å². The van der Waals surface area contributed by atoms with Crippen molar-refractivity contribution in [1.82, 2.24) is 25.3 Å². The Bertz CT molecular complexity index is 1030. The fraction of sp³-hybridized carbons (Fsp3) is 0.844. The van der Waals surface area contributed by atoms with Gasteiger partial charge in [-0.25, -0.2) is 0 Å². The van der Waals surface area contributed by atoms with E-state index in [0.29, 0.717) is 38.8 Å². The lowest BCUT2D eigenvalue weighted by Crippen LogP contribution is -2.65. The molecule has 0 saturated carbocycles. The molecule has 4 N–H and O–H groups in total. The fourth-order valence-corrected chi connectivity index (χ4v) is 6.47. The molecule has 2 aliphatic heterocycles. The molecule has 11 heteroatoms. The summed E-state index contributed by atoms with van der Waals surface area (Å²) in [6, 6.07) is -2.76. The van der Waals surface area contributed by atoms with Gasteiger partial charge in [-0.1, -0.05) is 41.5 Å². The maximum atomic E-state index is 14.4. The summed E-state index contributed by atoms with van der Waals surface area (Å²) >= 11 is 0. The van der Waals surface area contributed by atoms with Gasteiger partial charge in [0.15, 0.2) is 5.78 Å². The molecule has 2 heterocycles. The second kappa shape index (κ2) is 14.5. The molecule has 0 aromatic rings. The van der Waals surface area contributed by atoms with E-state index >= 15 is 0 Å². The number of ketones is 1. The SMILES string of the molecule is CC(C)[C@H](N)C(=O)C[C@@]1(C(=O)NC(C)(C)C)CCCN1C(=O)[C@@H]1CCCN1C(=O)[C@@H](NC(=O)[C@H](C(C)C)N(C)C)C(C)C. The first-order valence-corrected chi connectivity index (χ1v) is 15.9. The van der Waals surface area contributed by atoms with Gasteiger partial charge in [-0.2, -0.15) is 0 Å². The lowest BCUT2D eigenvalue weighted by Gasteiger charge is -2.42. The zero-order chi connectivity index (χ0) is 33.0. The van der Waals surface area contributed by atoms with E-state index < -0.39 is 35.2 Å². The standard InChI is InChI=1S/C32H58N6O5/c1-19(2)24(33)23(39)18-32(30(43)35-31(7,8)9)15-13-17-38(32)28(41)22-14-12-16-37(22)29(42)25(20(3)4)34-27(40)26(21(5)6)36(10)11/h19-22,24-26H,12-18,33H2,1-11H3,(H,34,40)(H,35,43)/t22-,24-,25-,26-,32+/m0/s1. The van der Waals surface area contributed by atoms with Gasteiger partial charge in [0.2, 0.25) is 23.6 Å². The number of rotatable bonds is 12. The van der Waals surface area contributed by atoms with Crippen LogP contribution >= 0.6 is 0 Å². The van der Waals surface area contributed by atoms with Crippen molar-refractivity contribution in [2.75, 3.05) is 27.2 Å². The van der Waals surface area contributed by atoms with Crippen molar-refractivity contribution in [2.24, 2.45) is 23.5 Å². The summed E-state index contributed by atoms with van der Waals surface area (Å²) < 4.78 is 0. The lowest BCUT2D eigenvalue weighted by atomic mass is 9.83. The zero-order valence-electron chi connectivity index (χ0n) is 28.5. The average molecular weight is 607 g/mol. The number of Topliss-reactive ketones (excluding diaryl/α,β-unsaturated/α-hetero) is 1. The van der Waals surface area contributed by atoms with Gasteiger partial charge >= 0.3 is 0 Å². The van der Waals surface area contributed by atoms with E-state index in [1.54, 1.807) is 9.80 Å². The molecule has 2 aliphatic rings. The van der Waals surface area contributed by atoms with E-state index in [1.165, 1.54) is 0 Å². The number of carbonyl (C=O) groups excluding carboxylic acids is 5. The summed E-state index contributed by atoms with van der Waals surface area (Å²) in [5, 5.41) is 5.99. The quantitative estimate of drug-likeness (QED) is 0.308. The van der Waals surface area contributed by atoms with Crippen molar-refractivity contribution in [3.8, 4) is 0 Å². The lowest BCUT2D eigenvalue weighted by molar-refractivity contribution is -0.154. The van der Waals surface area contributed by atoms with Crippen LogP contribution in [0.1, 0.15) is 94.4 Å². The number of likely N-dealkylation sites (tertiary alicyclic amines) is 2. The third-order valence-corrected chi connectivity index (χ3v) is 8.73. The molecule has 0 unspecified atom stereocenters. The van der Waals surface area contributed by atoms with Crippen molar-refractivity contribution in [3.05, 3.63) is 0 Å². The van der Waals surface area contributed by atoms with Crippen molar-refractivity contribution in [1.29, 1.82) is 0 Å². The minimum absolute atomic E-state index is 0.0353. The number of nitrogens with one attached hydrogen (secondary N) is 2. The Morgan fingerprint density at radius 1 is 0.930 bits per heavy atom. The van der Waals surface area contributed by atoms with Crippen LogP contribution in [0.3, 0.4) is 0 Å². The summed E-state index contributed by atoms with van der Waals surface area (Å²) in [6.45, 7) is 17.7. The van der Waals surface area contributed by atoms with Gasteiger partial charge < -0.3 is 26.2 Å². The van der Waals surface area contributed by atoms with Crippen LogP contribution in [-0.4, -0.2) is 107 Å². The molecular weight excluding hydrogens is 548 g/mol. The molecule has 0 bridgehead atoms. The number of nitrogens with zero attached hydrogens (tertiary/aromatic N) is 3. The number of amides is 4. The minimum Gasteiger partial charge on any atom is -0.349 e. The van der Waals surface area contributed by atoms with Crippen LogP contribution < -0.4 is 16.4 Å².